The van der Waals surface area contributed by atoms with Crippen molar-refractivity contribution in [1.82, 2.24) is 0 Å². The van der Waals surface area contributed by atoms with Crippen molar-refractivity contribution in [2.75, 3.05) is 0 Å². The Morgan fingerprint density at radius 1 is 0.586 bits per heavy atom. The van der Waals surface area contributed by atoms with Gasteiger partial charge in [-0.2, -0.15) is 8.42 Å². The number of aliphatic hydroxyl groups is 1. The highest BCUT2D eigenvalue weighted by Crippen LogP contribution is 2.16. The molecule has 4 nitrogen and oxygen atoms in total. The van der Waals surface area contributed by atoms with Crippen LogP contribution in [0, 0.1) is 0 Å². The third-order valence-electron chi connectivity index (χ3n) is 6.05. The predicted octanol–water partition coefficient (Wildman–Crippen LogP) is 7.45. The van der Waals surface area contributed by atoms with Gasteiger partial charge in [0.25, 0.3) is 10.1 Å². The molecule has 0 aromatic heterocycles. The molecule has 2 unspecified atom stereocenters. The first-order valence-electron chi connectivity index (χ1n) is 12.5. The molecule has 0 aliphatic rings. The van der Waals surface area contributed by atoms with Crippen molar-refractivity contribution in [1.29, 1.82) is 0 Å². The first-order valence-corrected chi connectivity index (χ1v) is 14.0. The lowest BCUT2D eigenvalue weighted by Crippen LogP contribution is -2.17. The monoisotopic (exact) mass is 434 g/mol. The van der Waals surface area contributed by atoms with Gasteiger partial charge in [0.1, 0.15) is 0 Å². The molecule has 2 atom stereocenters. The fourth-order valence-corrected chi connectivity index (χ4v) is 4.33. The average Bonchev–Trinajstić information content (AvgIpc) is 2.66. The highest BCUT2D eigenvalue weighted by Gasteiger charge is 2.17. The van der Waals surface area contributed by atoms with E-state index in [4.69, 9.17) is 4.55 Å². The van der Waals surface area contributed by atoms with Crippen LogP contribution in [-0.2, 0) is 10.1 Å². The molecule has 5 heteroatoms. The minimum absolute atomic E-state index is 0.338. The zero-order chi connectivity index (χ0) is 21.8. The van der Waals surface area contributed by atoms with E-state index in [0.717, 1.165) is 12.8 Å². The smallest absolute Gasteiger partial charge is 0.267 e. The maximum absolute atomic E-state index is 10.9. The normalized spacial score (nSPS) is 14.2. The third kappa shape index (κ3) is 20.9. The second kappa shape index (κ2) is 19.8. The molecule has 29 heavy (non-hydrogen) atoms. The Balaban J connectivity index is 3.25. The zero-order valence-corrected chi connectivity index (χ0v) is 20.2. The number of aliphatic hydroxyl groups excluding tert-OH is 1. The van der Waals surface area contributed by atoms with Crippen LogP contribution < -0.4 is 0 Å². The summed E-state index contributed by atoms with van der Waals surface area (Å²) in [5.41, 5.74) is 0. The van der Waals surface area contributed by atoms with Crippen LogP contribution in [0.1, 0.15) is 142 Å². The van der Waals surface area contributed by atoms with Crippen LogP contribution in [0.25, 0.3) is 0 Å². The third-order valence-corrected chi connectivity index (χ3v) is 7.30. The van der Waals surface area contributed by atoms with Gasteiger partial charge in [0.15, 0.2) is 0 Å². The molecule has 0 spiro atoms. The van der Waals surface area contributed by atoms with Gasteiger partial charge in [-0.3, -0.25) is 4.55 Å². The summed E-state index contributed by atoms with van der Waals surface area (Å²) < 4.78 is 30.8. The lowest BCUT2D eigenvalue weighted by Gasteiger charge is -2.12. The number of hydrogen-bond donors (Lipinski definition) is 2. The van der Waals surface area contributed by atoms with E-state index in [2.05, 4.69) is 6.92 Å². The van der Waals surface area contributed by atoms with E-state index in [9.17, 15) is 13.5 Å². The number of hydrogen-bond acceptors (Lipinski definition) is 3. The number of unbranched alkanes of at least 4 members (excludes halogenated alkanes) is 15. The van der Waals surface area contributed by atoms with Crippen molar-refractivity contribution in [2.24, 2.45) is 0 Å². The zero-order valence-electron chi connectivity index (χ0n) is 19.4. The molecule has 0 bridgehead atoms. The number of rotatable bonds is 22. The van der Waals surface area contributed by atoms with Crippen molar-refractivity contribution in [3.8, 4) is 0 Å². The van der Waals surface area contributed by atoms with Crippen LogP contribution in [0.4, 0.5) is 0 Å². The van der Waals surface area contributed by atoms with E-state index in [0.29, 0.717) is 19.3 Å². The summed E-state index contributed by atoms with van der Waals surface area (Å²) in [4.78, 5) is 0. The van der Waals surface area contributed by atoms with Gasteiger partial charge in [-0.1, -0.05) is 110 Å². The molecular formula is C24H50O4S. The van der Waals surface area contributed by atoms with Crippen LogP contribution in [0.15, 0.2) is 0 Å². The largest absolute Gasteiger partial charge is 0.393 e. The molecule has 0 fully saturated rings. The van der Waals surface area contributed by atoms with Gasteiger partial charge in [-0.05, 0) is 32.6 Å². The van der Waals surface area contributed by atoms with Crippen molar-refractivity contribution in [2.45, 2.75) is 154 Å². The Labute approximate surface area is 182 Å². The Bertz CT molecular complexity index is 436. The van der Waals surface area contributed by atoms with Gasteiger partial charge in [0.05, 0.1) is 11.4 Å². The van der Waals surface area contributed by atoms with E-state index >= 15 is 0 Å². The molecule has 0 aliphatic heterocycles. The Morgan fingerprint density at radius 2 is 0.931 bits per heavy atom. The summed E-state index contributed by atoms with van der Waals surface area (Å²) in [6, 6.07) is 0. The maximum Gasteiger partial charge on any atom is 0.267 e. The van der Waals surface area contributed by atoms with Crippen LogP contribution in [-0.4, -0.2) is 29.4 Å². The summed E-state index contributed by atoms with van der Waals surface area (Å²) in [5.74, 6) is 0. The van der Waals surface area contributed by atoms with Crippen LogP contribution in [0.2, 0.25) is 0 Å². The van der Waals surface area contributed by atoms with E-state index in [-0.39, 0.29) is 6.10 Å². The summed E-state index contributed by atoms with van der Waals surface area (Å²) in [7, 11) is -3.93. The molecule has 0 saturated carbocycles. The van der Waals surface area contributed by atoms with Gasteiger partial charge >= 0.3 is 0 Å². The molecule has 0 saturated heterocycles. The molecule has 0 aliphatic carbocycles. The SMILES string of the molecule is CCCCCCCCCCCCCCCCCCC(O)CCCC(C)S(=O)(=O)O. The summed E-state index contributed by atoms with van der Waals surface area (Å²) in [6.45, 7) is 3.78. The Kier molecular flexibility index (Phi) is 19.7. The summed E-state index contributed by atoms with van der Waals surface area (Å²) >= 11 is 0. The quantitative estimate of drug-likeness (QED) is 0.137. The van der Waals surface area contributed by atoms with Crippen molar-refractivity contribution >= 4 is 10.1 Å². The standard InChI is InChI=1S/C24H50O4S/c1-3-4-5-6-7-8-9-10-11-12-13-14-15-16-17-18-21-24(25)22-19-20-23(2)29(26,27)28/h23-25H,3-22H2,1-2H3,(H,26,27,28). The van der Waals surface area contributed by atoms with Crippen molar-refractivity contribution in [3.63, 3.8) is 0 Å². The van der Waals surface area contributed by atoms with Crippen molar-refractivity contribution in [3.05, 3.63) is 0 Å². The maximum atomic E-state index is 10.9. The molecule has 0 rings (SSSR count). The molecule has 0 amide bonds. The first-order chi connectivity index (χ1) is 13.9. The minimum atomic E-state index is -3.93. The van der Waals surface area contributed by atoms with E-state index < -0.39 is 15.4 Å². The molecule has 176 valence electrons. The molecular weight excluding hydrogens is 384 g/mol. The first kappa shape index (κ1) is 28.9. The molecule has 0 radical (unpaired) electrons. The van der Waals surface area contributed by atoms with Gasteiger partial charge in [0, 0.05) is 0 Å². The Hall–Kier alpha value is -0.130. The minimum Gasteiger partial charge on any atom is -0.393 e. The van der Waals surface area contributed by atoms with Crippen molar-refractivity contribution < 1.29 is 18.1 Å². The molecule has 2 N–H and O–H groups in total. The average molecular weight is 435 g/mol. The summed E-state index contributed by atoms with van der Waals surface area (Å²) in [5, 5.41) is 9.24. The van der Waals surface area contributed by atoms with Gasteiger partial charge in [-0.15, -0.1) is 0 Å². The van der Waals surface area contributed by atoms with Crippen LogP contribution in [0.3, 0.4) is 0 Å². The van der Waals surface area contributed by atoms with Crippen LogP contribution in [0.5, 0.6) is 0 Å². The fraction of sp³-hybridized carbons (Fsp3) is 1.00. The van der Waals surface area contributed by atoms with Crippen LogP contribution >= 0.6 is 0 Å². The van der Waals surface area contributed by atoms with E-state index in [1.54, 1.807) is 0 Å². The lowest BCUT2D eigenvalue weighted by molar-refractivity contribution is 0.147. The van der Waals surface area contributed by atoms with E-state index in [1.807, 2.05) is 0 Å². The molecule has 0 aromatic rings. The highest BCUT2D eigenvalue weighted by atomic mass is 32.2. The Morgan fingerprint density at radius 3 is 1.31 bits per heavy atom. The topological polar surface area (TPSA) is 74.6 Å². The predicted molar refractivity (Wildman–Crippen MR) is 125 cm³/mol. The molecule has 0 heterocycles. The lowest BCUT2D eigenvalue weighted by atomic mass is 10.0. The summed E-state index contributed by atoms with van der Waals surface area (Å²) in [6.07, 6.45) is 23.7. The van der Waals surface area contributed by atoms with Gasteiger partial charge in [-0.25, -0.2) is 0 Å². The highest BCUT2D eigenvalue weighted by molar-refractivity contribution is 7.86. The van der Waals surface area contributed by atoms with E-state index in [1.165, 1.54) is 103 Å². The van der Waals surface area contributed by atoms with Gasteiger partial charge in [0.2, 0.25) is 0 Å². The molecule has 0 aromatic carbocycles. The fourth-order valence-electron chi connectivity index (χ4n) is 3.86. The van der Waals surface area contributed by atoms with Gasteiger partial charge < -0.3 is 5.11 Å². The second-order valence-corrected chi connectivity index (χ2v) is 10.8. The second-order valence-electron chi connectivity index (χ2n) is 9.00.